The largest absolute Gasteiger partial charge is 0.379 e. The molecule has 0 bridgehead atoms. The minimum atomic E-state index is 0.693. The van der Waals surface area contributed by atoms with Crippen molar-refractivity contribution in [3.8, 4) is 5.13 Å². The van der Waals surface area contributed by atoms with Gasteiger partial charge in [-0.2, -0.15) is 0 Å². The third-order valence-corrected chi connectivity index (χ3v) is 6.65. The van der Waals surface area contributed by atoms with Crippen molar-refractivity contribution in [3.05, 3.63) is 52.8 Å². The topological polar surface area (TPSA) is 49.2 Å². The fourth-order valence-corrected chi connectivity index (χ4v) is 4.51. The van der Waals surface area contributed by atoms with Gasteiger partial charge in [-0.05, 0) is 43.3 Å². The maximum atomic E-state index is 6.23. The quantitative estimate of drug-likeness (QED) is 0.657. The van der Waals surface area contributed by atoms with Crippen LogP contribution in [0.5, 0.6) is 0 Å². The van der Waals surface area contributed by atoms with Crippen molar-refractivity contribution in [2.75, 3.05) is 42.9 Å². The van der Waals surface area contributed by atoms with Crippen LogP contribution in [0.1, 0.15) is 18.2 Å². The van der Waals surface area contributed by atoms with Crippen LogP contribution in [0.2, 0.25) is 5.02 Å². The molecule has 148 valence electrons. The van der Waals surface area contributed by atoms with Gasteiger partial charge in [-0.15, -0.1) is 10.2 Å². The van der Waals surface area contributed by atoms with Crippen LogP contribution in [-0.2, 0) is 6.54 Å². The van der Waals surface area contributed by atoms with Crippen molar-refractivity contribution in [2.45, 2.75) is 20.4 Å². The summed E-state index contributed by atoms with van der Waals surface area (Å²) in [4.78, 5) is 4.80. The van der Waals surface area contributed by atoms with Crippen LogP contribution in [0, 0.1) is 6.92 Å². The standard InChI is InChI=1S/C20H25ClN6S/c1-3-25-10-12-26(13-11-25)19-23-24-20(28-19)27-9-5-6-16(27)14-22-18-8-4-7-17(21)15(18)2/h4-9,22H,3,10-14H2,1-2H3. The number of halogens is 1. The Morgan fingerprint density at radius 1 is 1.07 bits per heavy atom. The van der Waals surface area contributed by atoms with Gasteiger partial charge in [0, 0.05) is 48.8 Å². The van der Waals surface area contributed by atoms with E-state index in [1.165, 1.54) is 0 Å². The summed E-state index contributed by atoms with van der Waals surface area (Å²) in [5, 5.41) is 15.1. The molecular weight excluding hydrogens is 392 g/mol. The van der Waals surface area contributed by atoms with Gasteiger partial charge in [0.05, 0.1) is 6.54 Å². The van der Waals surface area contributed by atoms with Crippen molar-refractivity contribution in [1.29, 1.82) is 0 Å². The predicted molar refractivity (Wildman–Crippen MR) is 117 cm³/mol. The molecule has 4 rings (SSSR count). The van der Waals surface area contributed by atoms with E-state index < -0.39 is 0 Å². The zero-order chi connectivity index (χ0) is 19.5. The lowest BCUT2D eigenvalue weighted by Crippen LogP contribution is -2.46. The van der Waals surface area contributed by atoms with Crippen LogP contribution in [0.15, 0.2) is 36.5 Å². The molecule has 1 saturated heterocycles. The van der Waals surface area contributed by atoms with Crippen LogP contribution in [0.4, 0.5) is 10.8 Å². The molecule has 8 heteroatoms. The molecule has 3 aromatic rings. The van der Waals surface area contributed by atoms with Gasteiger partial charge in [-0.3, -0.25) is 4.57 Å². The molecule has 1 aromatic carbocycles. The van der Waals surface area contributed by atoms with E-state index in [9.17, 15) is 0 Å². The molecule has 3 heterocycles. The van der Waals surface area contributed by atoms with Gasteiger partial charge >= 0.3 is 0 Å². The molecule has 1 fully saturated rings. The van der Waals surface area contributed by atoms with Crippen molar-refractivity contribution >= 4 is 33.8 Å². The SMILES string of the molecule is CCN1CCN(c2nnc(-n3cccc3CNc3cccc(Cl)c3C)s2)CC1. The van der Waals surface area contributed by atoms with Crippen molar-refractivity contribution in [2.24, 2.45) is 0 Å². The first kappa shape index (κ1) is 19.2. The van der Waals surface area contributed by atoms with Crippen molar-refractivity contribution in [1.82, 2.24) is 19.7 Å². The number of piperazine rings is 1. The van der Waals surface area contributed by atoms with Gasteiger partial charge < -0.3 is 15.1 Å². The third kappa shape index (κ3) is 4.01. The monoisotopic (exact) mass is 416 g/mol. The van der Waals surface area contributed by atoms with Gasteiger partial charge in [-0.1, -0.05) is 35.9 Å². The second-order valence-electron chi connectivity index (χ2n) is 6.92. The van der Waals surface area contributed by atoms with Gasteiger partial charge in [0.25, 0.3) is 0 Å². The fourth-order valence-electron chi connectivity index (χ4n) is 3.42. The highest BCUT2D eigenvalue weighted by Crippen LogP contribution is 2.27. The molecule has 0 unspecified atom stereocenters. The number of rotatable bonds is 6. The Balaban J connectivity index is 1.46. The Morgan fingerprint density at radius 3 is 2.64 bits per heavy atom. The van der Waals surface area contributed by atoms with E-state index in [4.69, 9.17) is 11.6 Å². The summed E-state index contributed by atoms with van der Waals surface area (Å²) in [5.74, 6) is 0. The number of likely N-dealkylation sites (N-methyl/N-ethyl adjacent to an activating group) is 1. The highest BCUT2D eigenvalue weighted by atomic mass is 35.5. The van der Waals surface area contributed by atoms with E-state index in [0.717, 1.165) is 65.0 Å². The summed E-state index contributed by atoms with van der Waals surface area (Å²) in [5.41, 5.74) is 3.25. The third-order valence-electron chi connectivity index (χ3n) is 5.26. The number of benzene rings is 1. The number of hydrogen-bond acceptors (Lipinski definition) is 6. The maximum Gasteiger partial charge on any atom is 0.218 e. The Hall–Kier alpha value is -2.09. The normalized spacial score (nSPS) is 15.2. The minimum Gasteiger partial charge on any atom is -0.379 e. The summed E-state index contributed by atoms with van der Waals surface area (Å²) in [6, 6.07) is 10.1. The van der Waals surface area contributed by atoms with E-state index in [1.54, 1.807) is 11.3 Å². The number of nitrogens with zero attached hydrogens (tertiary/aromatic N) is 5. The van der Waals surface area contributed by atoms with E-state index in [0.29, 0.717) is 6.54 Å². The highest BCUT2D eigenvalue weighted by Gasteiger charge is 2.20. The molecule has 1 aliphatic rings. The zero-order valence-electron chi connectivity index (χ0n) is 16.2. The van der Waals surface area contributed by atoms with Crippen molar-refractivity contribution < 1.29 is 0 Å². The first-order chi connectivity index (χ1) is 13.7. The molecular formula is C20H25ClN6S. The Labute approximate surface area is 174 Å². The summed E-state index contributed by atoms with van der Waals surface area (Å²) in [6.07, 6.45) is 2.04. The molecule has 0 aliphatic carbocycles. The van der Waals surface area contributed by atoms with E-state index in [-0.39, 0.29) is 0 Å². The number of hydrogen-bond donors (Lipinski definition) is 1. The molecule has 6 nitrogen and oxygen atoms in total. The van der Waals surface area contributed by atoms with Crippen molar-refractivity contribution in [3.63, 3.8) is 0 Å². The van der Waals surface area contributed by atoms with Gasteiger partial charge in [0.2, 0.25) is 10.3 Å². The molecule has 2 aromatic heterocycles. The van der Waals surface area contributed by atoms with Crippen LogP contribution in [-0.4, -0.2) is 52.4 Å². The molecule has 1 N–H and O–H groups in total. The first-order valence-corrected chi connectivity index (χ1v) is 10.8. The van der Waals surface area contributed by atoms with E-state index in [1.807, 2.05) is 37.4 Å². The summed E-state index contributed by atoms with van der Waals surface area (Å²) >= 11 is 7.87. The molecule has 0 atom stereocenters. The lowest BCUT2D eigenvalue weighted by molar-refractivity contribution is 0.271. The number of nitrogens with one attached hydrogen (secondary N) is 1. The maximum absolute atomic E-state index is 6.23. The lowest BCUT2D eigenvalue weighted by Gasteiger charge is -2.33. The second kappa shape index (κ2) is 8.51. The van der Waals surface area contributed by atoms with Crippen LogP contribution < -0.4 is 10.2 Å². The average Bonchev–Trinajstić information content (AvgIpc) is 3.38. The molecule has 0 saturated carbocycles. The van der Waals surface area contributed by atoms with E-state index >= 15 is 0 Å². The van der Waals surface area contributed by atoms with Crippen LogP contribution >= 0.6 is 22.9 Å². The van der Waals surface area contributed by atoms with Gasteiger partial charge in [-0.25, -0.2) is 0 Å². The van der Waals surface area contributed by atoms with E-state index in [2.05, 4.69) is 42.9 Å². The van der Waals surface area contributed by atoms with Gasteiger partial charge in [0.1, 0.15) is 0 Å². The van der Waals surface area contributed by atoms with Gasteiger partial charge in [0.15, 0.2) is 0 Å². The molecule has 1 aliphatic heterocycles. The van der Waals surface area contributed by atoms with Crippen LogP contribution in [0.25, 0.3) is 5.13 Å². The summed E-state index contributed by atoms with van der Waals surface area (Å²) < 4.78 is 2.11. The Bertz CT molecular complexity index is 928. The smallest absolute Gasteiger partial charge is 0.218 e. The predicted octanol–water partition coefficient (Wildman–Crippen LogP) is 4.04. The molecule has 28 heavy (non-hydrogen) atoms. The zero-order valence-corrected chi connectivity index (χ0v) is 17.8. The number of anilines is 2. The fraction of sp³-hybridized carbons (Fsp3) is 0.400. The summed E-state index contributed by atoms with van der Waals surface area (Å²) in [6.45, 7) is 10.2. The second-order valence-corrected chi connectivity index (χ2v) is 8.27. The van der Waals surface area contributed by atoms with Crippen LogP contribution in [0.3, 0.4) is 0 Å². The highest BCUT2D eigenvalue weighted by molar-refractivity contribution is 7.17. The average molecular weight is 417 g/mol. The number of aromatic nitrogens is 3. The minimum absolute atomic E-state index is 0.693. The Kier molecular flexibility index (Phi) is 5.85. The molecule has 0 amide bonds. The summed E-state index contributed by atoms with van der Waals surface area (Å²) in [7, 11) is 0. The first-order valence-electron chi connectivity index (χ1n) is 9.62. The lowest BCUT2D eigenvalue weighted by atomic mass is 10.2. The molecule has 0 radical (unpaired) electrons. The molecule has 0 spiro atoms. The Morgan fingerprint density at radius 2 is 1.86 bits per heavy atom.